The van der Waals surface area contributed by atoms with Crippen LogP contribution in [0.1, 0.15) is 34.3 Å². The van der Waals surface area contributed by atoms with Crippen molar-refractivity contribution in [1.29, 1.82) is 0 Å². The highest BCUT2D eigenvalue weighted by Gasteiger charge is 2.42. The van der Waals surface area contributed by atoms with E-state index in [1.165, 1.54) is 11.1 Å². The minimum atomic E-state index is 0.0628. The van der Waals surface area contributed by atoms with Gasteiger partial charge in [0.05, 0.1) is 0 Å². The van der Waals surface area contributed by atoms with E-state index in [2.05, 4.69) is 36.2 Å². The van der Waals surface area contributed by atoms with Gasteiger partial charge in [-0.3, -0.25) is 4.79 Å². The zero-order valence-corrected chi connectivity index (χ0v) is 15.6. The van der Waals surface area contributed by atoms with Gasteiger partial charge in [-0.2, -0.15) is 0 Å². The van der Waals surface area contributed by atoms with Crippen LogP contribution in [0.4, 0.5) is 0 Å². The molecule has 5 rings (SSSR count). The molecule has 140 valence electrons. The maximum atomic E-state index is 13.3. The summed E-state index contributed by atoms with van der Waals surface area (Å²) in [5.41, 5.74) is 3.45. The van der Waals surface area contributed by atoms with Crippen LogP contribution in [0.5, 0.6) is 11.5 Å². The van der Waals surface area contributed by atoms with Gasteiger partial charge in [0, 0.05) is 24.1 Å². The summed E-state index contributed by atoms with van der Waals surface area (Å²) in [4.78, 5) is 17.7. The second-order valence-electron chi connectivity index (χ2n) is 7.97. The van der Waals surface area contributed by atoms with Crippen LogP contribution in [0.25, 0.3) is 0 Å². The van der Waals surface area contributed by atoms with Gasteiger partial charge in [-0.15, -0.1) is 0 Å². The molecule has 2 aromatic carbocycles. The van der Waals surface area contributed by atoms with Crippen LogP contribution in [0.15, 0.2) is 42.5 Å². The Morgan fingerprint density at radius 1 is 1.04 bits per heavy atom. The number of carbonyl (C=O) groups is 1. The molecule has 0 N–H and O–H groups in total. The number of piperidine rings is 1. The van der Waals surface area contributed by atoms with Gasteiger partial charge in [0.1, 0.15) is 0 Å². The van der Waals surface area contributed by atoms with Crippen LogP contribution in [0.2, 0.25) is 0 Å². The average molecular weight is 364 g/mol. The van der Waals surface area contributed by atoms with E-state index in [1.807, 2.05) is 23.1 Å². The van der Waals surface area contributed by atoms with Gasteiger partial charge < -0.3 is 19.3 Å². The normalized spacial score (nSPS) is 20.6. The summed E-state index contributed by atoms with van der Waals surface area (Å²) in [7, 11) is 2.18. The molecule has 3 heterocycles. The van der Waals surface area contributed by atoms with E-state index in [0.717, 1.165) is 32.5 Å². The number of nitrogens with zero attached hydrogens (tertiary/aromatic N) is 2. The highest BCUT2D eigenvalue weighted by atomic mass is 16.7. The highest BCUT2D eigenvalue weighted by Crippen LogP contribution is 2.42. The lowest BCUT2D eigenvalue weighted by Crippen LogP contribution is -2.52. The van der Waals surface area contributed by atoms with Crippen LogP contribution < -0.4 is 9.47 Å². The van der Waals surface area contributed by atoms with Gasteiger partial charge in [0.25, 0.3) is 5.91 Å². The lowest BCUT2D eigenvalue weighted by atomic mass is 9.69. The smallest absolute Gasteiger partial charge is 0.254 e. The lowest BCUT2D eigenvalue weighted by molar-refractivity contribution is 0.0598. The number of ether oxygens (including phenoxy) is 2. The van der Waals surface area contributed by atoms with Crippen LogP contribution in [0, 0.1) is 0 Å². The monoisotopic (exact) mass is 364 g/mol. The average Bonchev–Trinajstić information content (AvgIpc) is 3.17. The number of likely N-dealkylation sites (tertiary alicyclic amines) is 1. The molecule has 3 aliphatic rings. The molecular weight excluding hydrogens is 340 g/mol. The third-order valence-corrected chi connectivity index (χ3v) is 6.29. The molecule has 27 heavy (non-hydrogen) atoms. The molecule has 0 saturated carbocycles. The molecule has 0 bridgehead atoms. The molecule has 1 saturated heterocycles. The van der Waals surface area contributed by atoms with Gasteiger partial charge in [0.2, 0.25) is 6.79 Å². The lowest BCUT2D eigenvalue weighted by Gasteiger charge is -2.48. The van der Waals surface area contributed by atoms with Crippen LogP contribution in [0.3, 0.4) is 0 Å². The van der Waals surface area contributed by atoms with Gasteiger partial charge in [-0.1, -0.05) is 24.3 Å². The number of benzene rings is 2. The number of hydrogen-bond acceptors (Lipinski definition) is 4. The fraction of sp³-hybridized carbons (Fsp3) is 0.409. The molecule has 0 aliphatic carbocycles. The summed E-state index contributed by atoms with van der Waals surface area (Å²) >= 11 is 0. The minimum absolute atomic E-state index is 0.0628. The van der Waals surface area contributed by atoms with Crippen molar-refractivity contribution >= 4 is 5.91 Å². The third-order valence-electron chi connectivity index (χ3n) is 6.29. The minimum Gasteiger partial charge on any atom is -0.454 e. The second kappa shape index (κ2) is 6.27. The molecule has 3 aliphatic heterocycles. The van der Waals surface area contributed by atoms with Crippen molar-refractivity contribution in [3.63, 3.8) is 0 Å². The van der Waals surface area contributed by atoms with E-state index < -0.39 is 0 Å². The molecular formula is C22H24N2O3. The van der Waals surface area contributed by atoms with Crippen LogP contribution in [-0.2, 0) is 12.0 Å². The zero-order valence-electron chi connectivity index (χ0n) is 15.6. The first kappa shape index (κ1) is 16.6. The van der Waals surface area contributed by atoms with Crippen LogP contribution >= 0.6 is 0 Å². The molecule has 0 aromatic heterocycles. The van der Waals surface area contributed by atoms with Gasteiger partial charge in [0.15, 0.2) is 11.5 Å². The summed E-state index contributed by atoms with van der Waals surface area (Å²) < 4.78 is 10.8. The van der Waals surface area contributed by atoms with Crippen molar-refractivity contribution in [1.82, 2.24) is 9.80 Å². The maximum Gasteiger partial charge on any atom is 0.254 e. The molecule has 1 fully saturated rings. The first-order valence-electron chi connectivity index (χ1n) is 9.61. The molecule has 0 atom stereocenters. The molecule has 0 unspecified atom stereocenters. The Kier molecular flexibility index (Phi) is 3.86. The van der Waals surface area contributed by atoms with E-state index in [9.17, 15) is 4.79 Å². The molecule has 1 amide bonds. The summed E-state index contributed by atoms with van der Waals surface area (Å²) in [5.74, 6) is 1.44. The van der Waals surface area contributed by atoms with E-state index in [-0.39, 0.29) is 18.1 Å². The molecule has 2 aromatic rings. The van der Waals surface area contributed by atoms with E-state index in [1.54, 1.807) is 0 Å². The van der Waals surface area contributed by atoms with Crippen molar-refractivity contribution in [2.24, 2.45) is 0 Å². The number of rotatable bonds is 1. The predicted molar refractivity (Wildman–Crippen MR) is 102 cm³/mol. The van der Waals surface area contributed by atoms with Gasteiger partial charge >= 0.3 is 0 Å². The summed E-state index contributed by atoms with van der Waals surface area (Å²) in [5, 5.41) is 0. The summed E-state index contributed by atoms with van der Waals surface area (Å²) in [6.45, 7) is 3.81. The first-order valence-corrected chi connectivity index (χ1v) is 9.61. The summed E-state index contributed by atoms with van der Waals surface area (Å²) in [6.07, 6.45) is 2.18. The third kappa shape index (κ3) is 2.77. The topological polar surface area (TPSA) is 42.0 Å². The second-order valence-corrected chi connectivity index (χ2v) is 7.97. The zero-order chi connectivity index (χ0) is 18.4. The Labute approximate surface area is 159 Å². The Morgan fingerprint density at radius 3 is 2.67 bits per heavy atom. The van der Waals surface area contributed by atoms with E-state index in [0.29, 0.717) is 23.6 Å². The van der Waals surface area contributed by atoms with E-state index >= 15 is 0 Å². The van der Waals surface area contributed by atoms with Crippen molar-refractivity contribution in [2.45, 2.75) is 24.8 Å². The number of carbonyl (C=O) groups excluding carboxylic acids is 1. The van der Waals surface area contributed by atoms with Crippen molar-refractivity contribution in [3.8, 4) is 11.5 Å². The molecule has 1 spiro atoms. The Morgan fingerprint density at radius 2 is 1.81 bits per heavy atom. The standard InChI is InChI=1S/C22H24N2O3/c1-23-10-8-22(9-11-23)14-24(13-17-4-2-3-5-18(17)22)21(25)16-6-7-19-20(12-16)27-15-26-19/h2-7,12H,8-11,13-15H2,1H3. The Balaban J connectivity index is 1.48. The van der Waals surface area contributed by atoms with E-state index in [4.69, 9.17) is 9.47 Å². The number of hydrogen-bond donors (Lipinski definition) is 0. The molecule has 5 nitrogen and oxygen atoms in total. The van der Waals surface area contributed by atoms with Crippen molar-refractivity contribution in [3.05, 3.63) is 59.2 Å². The highest BCUT2D eigenvalue weighted by molar-refractivity contribution is 5.95. The predicted octanol–water partition coefficient (Wildman–Crippen LogP) is 3.03. The fourth-order valence-electron chi connectivity index (χ4n) is 4.72. The Bertz CT molecular complexity index is 887. The van der Waals surface area contributed by atoms with Crippen LogP contribution in [-0.4, -0.2) is 49.2 Å². The van der Waals surface area contributed by atoms with Crippen molar-refractivity contribution in [2.75, 3.05) is 33.5 Å². The number of amides is 1. The fourth-order valence-corrected chi connectivity index (χ4v) is 4.72. The SMILES string of the molecule is CN1CCC2(CC1)CN(C(=O)c1ccc3c(c1)OCO3)Cc1ccccc12. The summed E-state index contributed by atoms with van der Waals surface area (Å²) in [6, 6.07) is 14.1. The van der Waals surface area contributed by atoms with Gasteiger partial charge in [-0.25, -0.2) is 0 Å². The largest absolute Gasteiger partial charge is 0.454 e. The maximum absolute atomic E-state index is 13.3. The van der Waals surface area contributed by atoms with Gasteiger partial charge in [-0.05, 0) is 62.3 Å². The van der Waals surface area contributed by atoms with Crippen molar-refractivity contribution < 1.29 is 14.3 Å². The molecule has 5 heteroatoms. The molecule has 0 radical (unpaired) electrons. The number of fused-ring (bicyclic) bond motifs is 3. The Hall–Kier alpha value is -2.53. The quantitative estimate of drug-likeness (QED) is 0.780. The first-order chi connectivity index (χ1) is 13.1.